The molecule has 0 saturated carbocycles. The number of rotatable bonds is 10. The first kappa shape index (κ1) is 31.2. The van der Waals surface area contributed by atoms with Crippen LogP contribution in [0.15, 0.2) is 411 Å². The second-order valence-corrected chi connectivity index (χ2v) is 26.4. The molecule has 0 saturated heterocycles. The van der Waals surface area contributed by atoms with Crippen molar-refractivity contribution in [3.63, 3.8) is 0 Å². The Bertz CT molecular complexity index is 11000. The van der Waals surface area contributed by atoms with Crippen molar-refractivity contribution in [1.82, 2.24) is 0 Å². The molecular formula is C112H68. The van der Waals surface area contributed by atoms with Crippen LogP contribution in [0.5, 0.6) is 0 Å². The summed E-state index contributed by atoms with van der Waals surface area (Å²) in [5.74, 6) is 0. The monoisotopic (exact) mass is 1460 g/mol. The zero-order chi connectivity index (χ0) is 118. The van der Waals surface area contributed by atoms with Crippen molar-refractivity contribution < 1.29 is 69.9 Å². The molecular weight excluding hydrogens is 1350 g/mol. The van der Waals surface area contributed by atoms with Crippen LogP contribution in [-0.2, 0) is 0 Å². The van der Waals surface area contributed by atoms with Gasteiger partial charge in [0.15, 0.2) is 0 Å². The lowest BCUT2D eigenvalue weighted by Crippen LogP contribution is -1.90. The van der Waals surface area contributed by atoms with E-state index in [2.05, 4.69) is 0 Å². The molecule has 0 fully saturated rings. The quantitative estimate of drug-likeness (QED) is 0.120. The lowest BCUT2D eigenvalue weighted by Gasteiger charge is -2.17. The molecule has 0 bridgehead atoms. The summed E-state index contributed by atoms with van der Waals surface area (Å²) in [4.78, 5) is 0. The maximum absolute atomic E-state index is 9.78. The van der Waals surface area contributed by atoms with E-state index in [1.807, 2.05) is 42.5 Å². The van der Waals surface area contributed by atoms with Gasteiger partial charge in [-0.25, -0.2) is 0 Å². The largest absolute Gasteiger partial charge is 0.0636 e. The van der Waals surface area contributed by atoms with Crippen molar-refractivity contribution in [2.45, 2.75) is 0 Å². The zero-order valence-corrected chi connectivity index (χ0v) is 57.3. The fourth-order valence-corrected chi connectivity index (χ4v) is 15.0. The molecule has 0 aliphatic carbocycles. The van der Waals surface area contributed by atoms with Gasteiger partial charge in [-0.2, -0.15) is 0 Å². The lowest BCUT2D eigenvalue weighted by molar-refractivity contribution is 1.58. The first-order valence-corrected chi connectivity index (χ1v) is 34.9. The third-order valence-electron chi connectivity index (χ3n) is 20.2. The van der Waals surface area contributed by atoms with Crippen LogP contribution in [0.4, 0.5) is 0 Å². The Balaban J connectivity index is 0.000000179. The average molecular weight is 1470 g/mol. The van der Waals surface area contributed by atoms with Crippen LogP contribution in [0.1, 0.15) is 69.9 Å². The van der Waals surface area contributed by atoms with E-state index in [1.54, 1.807) is 60.7 Å². The normalized spacial score (nSPS) is 18.3. The van der Waals surface area contributed by atoms with Gasteiger partial charge in [0.2, 0.25) is 0 Å². The van der Waals surface area contributed by atoms with E-state index in [9.17, 15) is 37.0 Å². The van der Waals surface area contributed by atoms with Gasteiger partial charge in [-0.05, 0) is 265 Å². The molecule has 0 aliphatic heterocycles. The Hall–Kier alpha value is -14.6. The molecule has 0 heterocycles. The Morgan fingerprint density at radius 1 is 0.134 bits per heavy atom. The molecule has 0 amide bonds. The highest BCUT2D eigenvalue weighted by Gasteiger charge is 2.21. The van der Waals surface area contributed by atoms with Crippen molar-refractivity contribution in [3.05, 3.63) is 411 Å². The summed E-state index contributed by atoms with van der Waals surface area (Å²) >= 11 is 0. The van der Waals surface area contributed by atoms with Crippen LogP contribution in [0, 0.1) is 0 Å². The van der Waals surface area contributed by atoms with Crippen molar-refractivity contribution in [3.8, 4) is 111 Å². The van der Waals surface area contributed by atoms with Gasteiger partial charge in [0.05, 0.1) is 69.9 Å². The SMILES string of the molecule is [2H]c1c([2H])c([2H])c(-c2c([2H])c([2H])c3c([2H])c([2H])c4c(-c5c([2H])c([2H])c([2H])c(-c6c([2H])c([2H])c(-c7c([2H])c([2H])c([2H])c(-c8c([2H])c([2H])c9c([2H])c([2H])c%10c([2H])c([2H])c([2H])c%11c([2H])c([2H])c8c9c%10%11)c7[2H])c([2H])c6[2H])c5[2H])c([2H])c([2H])c5c([2H])c([2H])c2c3c54)c([2H])c1[2H].[2H]c1c([2H])c2c([2H])c([2H])c3c([2H])c([2H])c(-c4cccc(-c5ccc(-c6cccc(-c7c([2H])c([2H])c8c([2H])c([2H])c9c(-c%10ccccc%10)c([2H])c([2H])c%10c([2H])c([2H])c7c8c%109)c6)cc5)c4)c4c([2H])c([2H])c(c1[2H])c2c34. The molecule has 0 aromatic heterocycles. The van der Waals surface area contributed by atoms with Gasteiger partial charge in [-0.3, -0.25) is 0 Å². The highest BCUT2D eigenvalue weighted by molar-refractivity contribution is 6.31. The smallest absolute Gasteiger partial charge is 0.0622 e. The second kappa shape index (κ2) is 25.5. The number of benzene rings is 24. The standard InChI is InChI=1S/2C56H34/c2*1-2-7-37(8-3-1)47-27-21-41-26-32-52-49(29-23-42-25-31-50(47)55(41)56(42)52)46-14-6-12-44(34-46)36-17-15-35(16-18-36)43-11-5-13-45(33-43)48-28-22-40-20-19-38-9-4-10-39-24-30-51(48)54(40)53(38)39/h2*1-34H/i1D,2D,3D,4D,5D,6D,7D,8D,9D,10D,11D,12D,13D,14D,15D,16D,17D,18D,19D,20D,21D,22D,23D,24D,25D,26D,27D,28D,29D,30D,31D,32D,33D,34D;4D,9D,10D,19D,20D,21D,22D,23D,24D,25D,26D,27D,28D,29D,30D,31D,32D. The summed E-state index contributed by atoms with van der Waals surface area (Å²) in [7, 11) is 0. The summed E-state index contributed by atoms with van der Waals surface area (Å²) in [6.07, 6.45) is 0. The third kappa shape index (κ3) is 10.3. The molecule has 24 rings (SSSR count). The van der Waals surface area contributed by atoms with E-state index >= 15 is 0 Å². The van der Waals surface area contributed by atoms with Gasteiger partial charge < -0.3 is 0 Å². The molecule has 0 spiro atoms. The molecule has 0 nitrogen and oxygen atoms in total. The van der Waals surface area contributed by atoms with E-state index in [0.29, 0.717) is 27.8 Å². The van der Waals surface area contributed by atoms with Crippen LogP contribution in [0.2, 0.25) is 0 Å². The van der Waals surface area contributed by atoms with Gasteiger partial charge in [-0.15, -0.1) is 0 Å². The maximum Gasteiger partial charge on any atom is 0.0636 e. The topological polar surface area (TPSA) is 0 Å². The Morgan fingerprint density at radius 2 is 0.393 bits per heavy atom. The summed E-state index contributed by atoms with van der Waals surface area (Å²) in [6.45, 7) is 0. The predicted octanol–water partition coefficient (Wildman–Crippen LogP) is 31.6. The fraction of sp³-hybridized carbons (Fsp3) is 0. The molecule has 0 aliphatic rings. The van der Waals surface area contributed by atoms with E-state index in [-0.39, 0.29) is 159 Å². The summed E-state index contributed by atoms with van der Waals surface area (Å²) in [5.41, 5.74) is -3.57. The van der Waals surface area contributed by atoms with Crippen LogP contribution in [0.25, 0.3) is 241 Å². The molecule has 24 aromatic carbocycles. The summed E-state index contributed by atoms with van der Waals surface area (Å²) < 4.78 is 464. The van der Waals surface area contributed by atoms with E-state index < -0.39 is 351 Å². The van der Waals surface area contributed by atoms with E-state index in [1.165, 1.54) is 0 Å². The van der Waals surface area contributed by atoms with Crippen molar-refractivity contribution in [2.75, 3.05) is 0 Å². The lowest BCUT2D eigenvalue weighted by atomic mass is 9.87. The molecule has 0 heteroatoms. The molecule has 0 atom stereocenters. The van der Waals surface area contributed by atoms with Gasteiger partial charge in [0.25, 0.3) is 0 Å². The number of hydrogen-bond acceptors (Lipinski definition) is 0. The summed E-state index contributed by atoms with van der Waals surface area (Å²) in [6, 6.07) is -8.09. The van der Waals surface area contributed by atoms with Crippen molar-refractivity contribution >= 4 is 129 Å². The van der Waals surface area contributed by atoms with Gasteiger partial charge in [0.1, 0.15) is 0 Å². The van der Waals surface area contributed by atoms with Crippen LogP contribution >= 0.6 is 0 Å². The van der Waals surface area contributed by atoms with Crippen molar-refractivity contribution in [1.29, 1.82) is 0 Å². The Morgan fingerprint density at radius 3 is 0.759 bits per heavy atom. The maximum atomic E-state index is 9.78. The molecule has 0 radical (unpaired) electrons. The highest BCUT2D eigenvalue weighted by atomic mass is 14.2. The molecule has 516 valence electrons. The first-order chi connectivity index (χ1) is 76.8. The average Bonchev–Trinajstić information content (AvgIpc) is 0.768. The minimum Gasteiger partial charge on any atom is -0.0622 e. The zero-order valence-electron chi connectivity index (χ0n) is 108. The second-order valence-electron chi connectivity index (χ2n) is 26.4. The minimum atomic E-state index is -1.18. The molecule has 24 aromatic rings. The van der Waals surface area contributed by atoms with E-state index in [0.717, 1.165) is 11.1 Å². The molecule has 0 N–H and O–H groups in total. The minimum absolute atomic E-state index is 0.0275. The van der Waals surface area contributed by atoms with Gasteiger partial charge in [0, 0.05) is 0 Å². The first-order valence-electron chi connectivity index (χ1n) is 60.4. The number of hydrogen-bond donors (Lipinski definition) is 0. The third-order valence-corrected chi connectivity index (χ3v) is 20.2. The summed E-state index contributed by atoms with van der Waals surface area (Å²) in [5, 5.41) is -5.24. The molecule has 112 heavy (non-hydrogen) atoms. The van der Waals surface area contributed by atoms with Gasteiger partial charge in [-0.1, -0.05) is 387 Å². The van der Waals surface area contributed by atoms with Crippen molar-refractivity contribution in [2.24, 2.45) is 0 Å². The van der Waals surface area contributed by atoms with Crippen LogP contribution < -0.4 is 0 Å². The Labute approximate surface area is 720 Å². The highest BCUT2D eigenvalue weighted by Crippen LogP contribution is 2.48. The van der Waals surface area contributed by atoms with Crippen LogP contribution in [0.3, 0.4) is 0 Å². The fourth-order valence-electron chi connectivity index (χ4n) is 15.0. The van der Waals surface area contributed by atoms with E-state index in [4.69, 9.17) is 32.9 Å². The van der Waals surface area contributed by atoms with Crippen LogP contribution in [-0.4, -0.2) is 0 Å². The van der Waals surface area contributed by atoms with Gasteiger partial charge >= 0.3 is 0 Å². The Kier molecular flexibility index (Phi) is 7.12. The molecule has 0 unspecified atom stereocenters. The predicted molar refractivity (Wildman–Crippen MR) is 482 cm³/mol.